The van der Waals surface area contributed by atoms with Crippen LogP contribution in [0.2, 0.25) is 0 Å². The van der Waals surface area contributed by atoms with E-state index in [0.29, 0.717) is 16.7 Å². The largest absolute Gasteiger partial charge is 0.376 e. The third-order valence-corrected chi connectivity index (χ3v) is 3.97. The van der Waals surface area contributed by atoms with Crippen molar-refractivity contribution in [2.24, 2.45) is 0 Å². The van der Waals surface area contributed by atoms with Gasteiger partial charge in [-0.25, -0.2) is 13.2 Å². The molecule has 1 N–H and O–H groups in total. The van der Waals surface area contributed by atoms with E-state index in [1.54, 1.807) is 30.3 Å². The van der Waals surface area contributed by atoms with Crippen molar-refractivity contribution < 1.29 is 18.3 Å². The van der Waals surface area contributed by atoms with Crippen LogP contribution in [-0.2, 0) is 5.60 Å². The average Bonchev–Trinajstić information content (AvgIpc) is 2.55. The predicted molar refractivity (Wildman–Crippen MR) is 82.6 cm³/mol. The van der Waals surface area contributed by atoms with Gasteiger partial charge in [0.2, 0.25) is 0 Å². The molecule has 0 aliphatic heterocycles. The summed E-state index contributed by atoms with van der Waals surface area (Å²) in [5, 5.41) is 11.4. The highest BCUT2D eigenvalue weighted by atomic mass is 19.3. The van der Waals surface area contributed by atoms with Crippen LogP contribution < -0.4 is 0 Å². The van der Waals surface area contributed by atoms with Crippen LogP contribution in [0.5, 0.6) is 0 Å². The zero-order valence-corrected chi connectivity index (χ0v) is 12.2. The van der Waals surface area contributed by atoms with Crippen molar-refractivity contribution in [3.8, 4) is 0 Å². The van der Waals surface area contributed by atoms with E-state index < -0.39 is 23.8 Å². The zero-order valence-electron chi connectivity index (χ0n) is 12.2. The smallest absolute Gasteiger partial charge is 0.270 e. The number of alkyl halides is 2. The number of rotatable bonds is 3. The molecule has 0 saturated carbocycles. The van der Waals surface area contributed by atoms with E-state index in [0.717, 1.165) is 6.08 Å². The number of benzene rings is 2. The molecule has 3 rings (SSSR count). The number of allylic oxidation sites excluding steroid dienone is 2. The summed E-state index contributed by atoms with van der Waals surface area (Å²) in [5.74, 6) is -3.34. The van der Waals surface area contributed by atoms with E-state index in [2.05, 4.69) is 0 Å². The van der Waals surface area contributed by atoms with Gasteiger partial charge in [0.05, 0.1) is 0 Å². The highest BCUT2D eigenvalue weighted by Crippen LogP contribution is 2.40. The molecule has 1 atom stereocenters. The van der Waals surface area contributed by atoms with Gasteiger partial charge < -0.3 is 5.11 Å². The summed E-state index contributed by atoms with van der Waals surface area (Å²) >= 11 is 0. The van der Waals surface area contributed by atoms with Crippen LogP contribution >= 0.6 is 0 Å². The summed E-state index contributed by atoms with van der Waals surface area (Å²) < 4.78 is 39.9. The van der Waals surface area contributed by atoms with Gasteiger partial charge in [-0.05, 0) is 34.9 Å². The SMILES string of the molecule is OC(C1=CCC(F)(F)C=C1)(c1ccccc1)c1ccc(F)cc1. The van der Waals surface area contributed by atoms with Crippen molar-refractivity contribution in [2.75, 3.05) is 0 Å². The first-order chi connectivity index (χ1) is 10.9. The fraction of sp³-hybridized carbons (Fsp3) is 0.158. The molecule has 1 unspecified atom stereocenters. The predicted octanol–water partition coefficient (Wildman–Crippen LogP) is 4.58. The van der Waals surface area contributed by atoms with E-state index in [9.17, 15) is 18.3 Å². The second-order valence-electron chi connectivity index (χ2n) is 5.54. The molecule has 4 heteroatoms. The highest BCUT2D eigenvalue weighted by molar-refractivity contribution is 5.50. The van der Waals surface area contributed by atoms with Crippen molar-refractivity contribution >= 4 is 0 Å². The first-order valence-corrected chi connectivity index (χ1v) is 7.23. The Morgan fingerprint density at radius 3 is 2.09 bits per heavy atom. The molecule has 0 bridgehead atoms. The molecule has 0 saturated heterocycles. The third kappa shape index (κ3) is 2.94. The van der Waals surface area contributed by atoms with Crippen LogP contribution in [0.4, 0.5) is 13.2 Å². The van der Waals surface area contributed by atoms with Crippen molar-refractivity contribution in [3.05, 3.63) is 95.3 Å². The summed E-state index contributed by atoms with van der Waals surface area (Å²) in [6, 6.07) is 14.1. The summed E-state index contributed by atoms with van der Waals surface area (Å²) in [7, 11) is 0. The topological polar surface area (TPSA) is 20.2 Å². The molecule has 1 aliphatic carbocycles. The second kappa shape index (κ2) is 5.70. The maximum absolute atomic E-state index is 13.4. The first kappa shape index (κ1) is 15.6. The van der Waals surface area contributed by atoms with Crippen LogP contribution in [-0.4, -0.2) is 11.0 Å². The van der Waals surface area contributed by atoms with E-state index in [4.69, 9.17) is 0 Å². The molecular formula is C19H15F3O. The molecule has 2 aromatic carbocycles. The lowest BCUT2D eigenvalue weighted by molar-refractivity contribution is 0.0540. The maximum atomic E-state index is 13.4. The van der Waals surface area contributed by atoms with Crippen LogP contribution in [0.25, 0.3) is 0 Å². The van der Waals surface area contributed by atoms with Gasteiger partial charge in [-0.15, -0.1) is 0 Å². The molecule has 2 aromatic rings. The van der Waals surface area contributed by atoms with Crippen LogP contribution in [0.3, 0.4) is 0 Å². The summed E-state index contributed by atoms with van der Waals surface area (Å²) in [5.41, 5.74) is -0.303. The Bertz CT molecular complexity index is 748. The maximum Gasteiger partial charge on any atom is 0.270 e. The highest BCUT2D eigenvalue weighted by Gasteiger charge is 2.38. The normalized spacial score (nSPS) is 19.0. The quantitative estimate of drug-likeness (QED) is 0.878. The Kier molecular flexibility index (Phi) is 3.86. The molecule has 0 amide bonds. The van der Waals surface area contributed by atoms with Crippen LogP contribution in [0.15, 0.2) is 78.4 Å². The lowest BCUT2D eigenvalue weighted by Crippen LogP contribution is -2.31. The lowest BCUT2D eigenvalue weighted by Gasteiger charge is -2.33. The molecule has 1 nitrogen and oxygen atoms in total. The van der Waals surface area contributed by atoms with Crippen molar-refractivity contribution in [1.82, 2.24) is 0 Å². The van der Waals surface area contributed by atoms with Gasteiger partial charge >= 0.3 is 0 Å². The number of aliphatic hydroxyl groups is 1. The van der Waals surface area contributed by atoms with Gasteiger partial charge in [0.15, 0.2) is 0 Å². The van der Waals surface area contributed by atoms with Gasteiger partial charge in [0.1, 0.15) is 11.4 Å². The Morgan fingerprint density at radius 1 is 0.913 bits per heavy atom. The average molecular weight is 316 g/mol. The molecule has 118 valence electrons. The Morgan fingerprint density at radius 2 is 1.52 bits per heavy atom. The fourth-order valence-electron chi connectivity index (χ4n) is 2.73. The van der Waals surface area contributed by atoms with Crippen LogP contribution in [0, 0.1) is 5.82 Å². The minimum Gasteiger partial charge on any atom is -0.376 e. The number of halogens is 3. The standard InChI is InChI=1S/C19H15F3O/c20-17-8-6-15(7-9-17)19(23,14-4-2-1-3-5-14)16-10-12-18(21,22)13-11-16/h1-12,23H,13H2. The minimum absolute atomic E-state index is 0.348. The molecule has 0 heterocycles. The van der Waals surface area contributed by atoms with E-state index >= 15 is 0 Å². The minimum atomic E-state index is -2.91. The van der Waals surface area contributed by atoms with E-state index in [1.165, 1.54) is 36.4 Å². The van der Waals surface area contributed by atoms with Crippen LogP contribution in [0.1, 0.15) is 17.5 Å². The number of hydrogen-bond donors (Lipinski definition) is 1. The van der Waals surface area contributed by atoms with E-state index in [-0.39, 0.29) is 0 Å². The molecule has 0 fully saturated rings. The fourth-order valence-corrected chi connectivity index (χ4v) is 2.73. The molecule has 0 spiro atoms. The van der Waals surface area contributed by atoms with Gasteiger partial charge in [0.25, 0.3) is 5.92 Å². The Hall–Kier alpha value is -2.33. The molecule has 0 aromatic heterocycles. The van der Waals surface area contributed by atoms with E-state index in [1.807, 2.05) is 0 Å². The molecule has 0 radical (unpaired) electrons. The monoisotopic (exact) mass is 316 g/mol. The summed E-state index contributed by atoms with van der Waals surface area (Å²) in [6.07, 6.45) is 2.88. The number of hydrogen-bond acceptors (Lipinski definition) is 1. The first-order valence-electron chi connectivity index (χ1n) is 7.23. The summed E-state index contributed by atoms with van der Waals surface area (Å²) in [6.45, 7) is 0. The van der Waals surface area contributed by atoms with Crippen molar-refractivity contribution in [1.29, 1.82) is 0 Å². The molecular weight excluding hydrogens is 301 g/mol. The molecule has 23 heavy (non-hydrogen) atoms. The van der Waals surface area contributed by atoms with Crippen molar-refractivity contribution in [3.63, 3.8) is 0 Å². The summed E-state index contributed by atoms with van der Waals surface area (Å²) in [4.78, 5) is 0. The van der Waals surface area contributed by atoms with Gasteiger partial charge in [-0.1, -0.05) is 54.6 Å². The zero-order chi connectivity index (χ0) is 16.5. The lowest BCUT2D eigenvalue weighted by atomic mass is 9.78. The van der Waals surface area contributed by atoms with Gasteiger partial charge in [0, 0.05) is 6.42 Å². The Balaban J connectivity index is 2.14. The second-order valence-corrected chi connectivity index (χ2v) is 5.54. The molecule has 1 aliphatic rings. The third-order valence-electron chi connectivity index (χ3n) is 3.97. The van der Waals surface area contributed by atoms with Gasteiger partial charge in [-0.2, -0.15) is 0 Å². The van der Waals surface area contributed by atoms with Crippen molar-refractivity contribution in [2.45, 2.75) is 17.9 Å². The Labute approximate surface area is 132 Å². The van der Waals surface area contributed by atoms with Gasteiger partial charge in [-0.3, -0.25) is 0 Å².